The molecular formula is C19H37IN6. The van der Waals surface area contributed by atoms with Gasteiger partial charge in [-0.3, -0.25) is 10.1 Å². The third-order valence-corrected chi connectivity index (χ3v) is 4.79. The van der Waals surface area contributed by atoms with E-state index < -0.39 is 0 Å². The first-order valence-corrected chi connectivity index (χ1v) is 10.0. The summed E-state index contributed by atoms with van der Waals surface area (Å²) in [5.41, 5.74) is 2.47. The van der Waals surface area contributed by atoms with Gasteiger partial charge in [0.1, 0.15) is 0 Å². The molecule has 0 atom stereocenters. The summed E-state index contributed by atoms with van der Waals surface area (Å²) in [7, 11) is 0. The van der Waals surface area contributed by atoms with Crippen molar-refractivity contribution in [1.29, 1.82) is 0 Å². The lowest BCUT2D eigenvalue weighted by Crippen LogP contribution is -2.39. The average Bonchev–Trinajstić information content (AvgIpc) is 2.85. The van der Waals surface area contributed by atoms with Crippen LogP contribution >= 0.6 is 24.0 Å². The van der Waals surface area contributed by atoms with Crippen LogP contribution in [-0.2, 0) is 6.42 Å². The molecule has 0 bridgehead atoms. The maximum atomic E-state index is 4.69. The minimum Gasteiger partial charge on any atom is -0.357 e. The van der Waals surface area contributed by atoms with E-state index in [1.54, 1.807) is 0 Å². The van der Waals surface area contributed by atoms with Gasteiger partial charge < -0.3 is 15.5 Å². The SMILES string of the molecule is CCNC(=NCCCc1cn[nH]c1C)NCCCN1CCCCCC1.I. The Hall–Kier alpha value is -0.830. The molecule has 1 aromatic heterocycles. The normalized spacial score (nSPS) is 16.0. The van der Waals surface area contributed by atoms with E-state index in [0.29, 0.717) is 0 Å². The highest BCUT2D eigenvalue weighted by Gasteiger charge is 2.08. The van der Waals surface area contributed by atoms with E-state index in [1.807, 2.05) is 6.20 Å². The Morgan fingerprint density at radius 3 is 2.62 bits per heavy atom. The standard InChI is InChI=1S/C19H36N6.HI/c1-3-20-19(21-11-8-10-18-16-23-24-17(18)2)22-12-9-15-25-13-6-4-5-7-14-25;/h16H,3-15H2,1-2H3,(H,23,24)(H2,20,21,22);1H. The number of aromatic amines is 1. The fourth-order valence-corrected chi connectivity index (χ4v) is 3.30. The molecule has 1 aliphatic heterocycles. The lowest BCUT2D eigenvalue weighted by atomic mass is 10.1. The fraction of sp³-hybridized carbons (Fsp3) is 0.789. The number of halogens is 1. The smallest absolute Gasteiger partial charge is 0.191 e. The third kappa shape index (κ3) is 9.21. The highest BCUT2D eigenvalue weighted by Crippen LogP contribution is 2.09. The van der Waals surface area contributed by atoms with E-state index in [0.717, 1.165) is 38.4 Å². The second-order valence-electron chi connectivity index (χ2n) is 6.92. The molecule has 0 radical (unpaired) electrons. The van der Waals surface area contributed by atoms with Gasteiger partial charge in [-0.05, 0) is 71.1 Å². The largest absolute Gasteiger partial charge is 0.357 e. The highest BCUT2D eigenvalue weighted by molar-refractivity contribution is 14.0. The molecule has 1 fully saturated rings. The third-order valence-electron chi connectivity index (χ3n) is 4.79. The first kappa shape index (κ1) is 23.2. The number of aliphatic imine (C=N–C) groups is 1. The van der Waals surface area contributed by atoms with E-state index in [2.05, 4.69) is 39.6 Å². The van der Waals surface area contributed by atoms with E-state index >= 15 is 0 Å². The molecule has 0 unspecified atom stereocenters. The molecule has 0 aliphatic carbocycles. The van der Waals surface area contributed by atoms with Crippen molar-refractivity contribution in [1.82, 2.24) is 25.7 Å². The molecule has 1 aliphatic rings. The number of hydrogen-bond donors (Lipinski definition) is 3. The predicted molar refractivity (Wildman–Crippen MR) is 121 cm³/mol. The molecule has 150 valence electrons. The van der Waals surface area contributed by atoms with Gasteiger partial charge in [0.25, 0.3) is 0 Å². The molecule has 1 aromatic rings. The van der Waals surface area contributed by atoms with Crippen molar-refractivity contribution < 1.29 is 0 Å². The van der Waals surface area contributed by atoms with Crippen LogP contribution in [0.4, 0.5) is 0 Å². The molecule has 2 heterocycles. The van der Waals surface area contributed by atoms with Crippen molar-refractivity contribution in [2.45, 2.75) is 58.8 Å². The Morgan fingerprint density at radius 2 is 1.96 bits per heavy atom. The number of aryl methyl sites for hydroxylation is 2. The van der Waals surface area contributed by atoms with Crippen LogP contribution in [0.15, 0.2) is 11.2 Å². The molecule has 0 amide bonds. The summed E-state index contributed by atoms with van der Waals surface area (Å²) in [4.78, 5) is 7.31. The van der Waals surface area contributed by atoms with Gasteiger partial charge in [0, 0.05) is 25.3 Å². The number of guanidine groups is 1. The van der Waals surface area contributed by atoms with Gasteiger partial charge in [0.15, 0.2) is 5.96 Å². The van der Waals surface area contributed by atoms with Crippen molar-refractivity contribution in [3.05, 3.63) is 17.5 Å². The molecule has 6 nitrogen and oxygen atoms in total. The lowest BCUT2D eigenvalue weighted by molar-refractivity contribution is 0.282. The molecule has 2 rings (SSSR count). The van der Waals surface area contributed by atoms with Gasteiger partial charge in [-0.15, -0.1) is 24.0 Å². The first-order chi connectivity index (χ1) is 12.3. The fourth-order valence-electron chi connectivity index (χ4n) is 3.30. The van der Waals surface area contributed by atoms with Crippen LogP contribution in [0.2, 0.25) is 0 Å². The number of nitrogens with zero attached hydrogens (tertiary/aromatic N) is 3. The van der Waals surface area contributed by atoms with Crippen molar-refractivity contribution in [2.75, 3.05) is 39.3 Å². The zero-order valence-electron chi connectivity index (χ0n) is 16.5. The number of likely N-dealkylation sites (tertiary alicyclic amines) is 1. The van der Waals surface area contributed by atoms with E-state index in [4.69, 9.17) is 4.99 Å². The summed E-state index contributed by atoms with van der Waals surface area (Å²) in [5.74, 6) is 0.947. The van der Waals surface area contributed by atoms with Gasteiger partial charge in [0.2, 0.25) is 0 Å². The number of rotatable bonds is 9. The van der Waals surface area contributed by atoms with E-state index in [-0.39, 0.29) is 24.0 Å². The topological polar surface area (TPSA) is 68.3 Å². The highest BCUT2D eigenvalue weighted by atomic mass is 127. The lowest BCUT2D eigenvalue weighted by Gasteiger charge is -2.20. The number of H-pyrrole nitrogens is 1. The Bertz CT molecular complexity index is 494. The number of hydrogen-bond acceptors (Lipinski definition) is 3. The van der Waals surface area contributed by atoms with Crippen molar-refractivity contribution in [3.8, 4) is 0 Å². The molecular weight excluding hydrogens is 439 g/mol. The molecule has 0 spiro atoms. The second kappa shape index (κ2) is 14.3. The van der Waals surface area contributed by atoms with Crippen molar-refractivity contribution >= 4 is 29.9 Å². The van der Waals surface area contributed by atoms with E-state index in [1.165, 1.54) is 63.0 Å². The van der Waals surface area contributed by atoms with Crippen LogP contribution in [0.5, 0.6) is 0 Å². The van der Waals surface area contributed by atoms with Crippen LogP contribution in [0.3, 0.4) is 0 Å². The van der Waals surface area contributed by atoms with Crippen LogP contribution in [0.25, 0.3) is 0 Å². The quantitative estimate of drug-likeness (QED) is 0.222. The summed E-state index contributed by atoms with van der Waals surface area (Å²) in [6.07, 6.45) is 10.7. The summed E-state index contributed by atoms with van der Waals surface area (Å²) < 4.78 is 0. The monoisotopic (exact) mass is 476 g/mol. The Kier molecular flexibility index (Phi) is 12.7. The molecule has 1 saturated heterocycles. The second-order valence-corrected chi connectivity index (χ2v) is 6.92. The van der Waals surface area contributed by atoms with Gasteiger partial charge in [-0.2, -0.15) is 5.10 Å². The molecule has 3 N–H and O–H groups in total. The summed E-state index contributed by atoms with van der Waals surface area (Å²) in [6.45, 7) is 10.7. The maximum Gasteiger partial charge on any atom is 0.191 e. The Balaban J connectivity index is 0.00000338. The van der Waals surface area contributed by atoms with Crippen LogP contribution in [0, 0.1) is 6.92 Å². The average molecular weight is 476 g/mol. The van der Waals surface area contributed by atoms with Gasteiger partial charge >= 0.3 is 0 Å². The Labute approximate surface area is 176 Å². The summed E-state index contributed by atoms with van der Waals surface area (Å²) in [6, 6.07) is 0. The number of nitrogens with one attached hydrogen (secondary N) is 3. The summed E-state index contributed by atoms with van der Waals surface area (Å²) >= 11 is 0. The summed E-state index contributed by atoms with van der Waals surface area (Å²) in [5, 5.41) is 13.9. The molecule has 0 aromatic carbocycles. The van der Waals surface area contributed by atoms with E-state index in [9.17, 15) is 0 Å². The van der Waals surface area contributed by atoms with Crippen LogP contribution < -0.4 is 10.6 Å². The zero-order chi connectivity index (χ0) is 17.7. The molecule has 0 saturated carbocycles. The van der Waals surface area contributed by atoms with Crippen LogP contribution in [-0.4, -0.2) is 60.3 Å². The zero-order valence-corrected chi connectivity index (χ0v) is 18.8. The minimum absolute atomic E-state index is 0. The molecule has 7 heteroatoms. The van der Waals surface area contributed by atoms with Gasteiger partial charge in [0.05, 0.1) is 6.20 Å². The van der Waals surface area contributed by atoms with Crippen LogP contribution in [0.1, 0.15) is 56.7 Å². The predicted octanol–water partition coefficient (Wildman–Crippen LogP) is 3.09. The van der Waals surface area contributed by atoms with Crippen molar-refractivity contribution in [3.63, 3.8) is 0 Å². The Morgan fingerprint density at radius 1 is 1.19 bits per heavy atom. The van der Waals surface area contributed by atoms with Gasteiger partial charge in [-0.25, -0.2) is 0 Å². The number of aromatic nitrogens is 2. The van der Waals surface area contributed by atoms with Crippen molar-refractivity contribution in [2.24, 2.45) is 4.99 Å². The maximum absolute atomic E-state index is 4.69. The van der Waals surface area contributed by atoms with Gasteiger partial charge in [-0.1, -0.05) is 12.8 Å². The molecule has 26 heavy (non-hydrogen) atoms. The minimum atomic E-state index is 0. The first-order valence-electron chi connectivity index (χ1n) is 10.0.